The summed E-state index contributed by atoms with van der Waals surface area (Å²) >= 11 is 1.35. The molecule has 0 radical (unpaired) electrons. The van der Waals surface area contributed by atoms with Crippen LogP contribution in [0.5, 0.6) is 5.88 Å². The third kappa shape index (κ3) is 3.78. The van der Waals surface area contributed by atoms with Crippen molar-refractivity contribution in [3.8, 4) is 11.9 Å². The second-order valence-electron chi connectivity index (χ2n) is 5.82. The van der Waals surface area contributed by atoms with Crippen LogP contribution in [0.15, 0.2) is 40.1 Å². The van der Waals surface area contributed by atoms with Crippen LogP contribution in [-0.4, -0.2) is 26.1 Å². The number of hydrogen-bond donors (Lipinski definition) is 1. The minimum atomic E-state index is -0.530. The fraction of sp³-hybridized carbons (Fsp3) is 0.211. The monoisotopic (exact) mass is 379 g/mol. The van der Waals surface area contributed by atoms with E-state index in [1.54, 1.807) is 6.92 Å². The topological polar surface area (TPSA) is 104 Å². The molecule has 0 fully saturated rings. The number of benzene rings is 1. The van der Waals surface area contributed by atoms with E-state index in [2.05, 4.69) is 15.2 Å². The maximum absolute atomic E-state index is 12.6. The molecular weight excluding hydrogens is 362 g/mol. The van der Waals surface area contributed by atoms with Gasteiger partial charge in [-0.3, -0.25) is 9.36 Å². The zero-order valence-corrected chi connectivity index (χ0v) is 15.7. The Balaban J connectivity index is 2.09. The van der Waals surface area contributed by atoms with Crippen LogP contribution in [0.3, 0.4) is 0 Å². The molecule has 0 aliphatic rings. The van der Waals surface area contributed by atoms with Crippen molar-refractivity contribution in [1.29, 1.82) is 5.26 Å². The maximum Gasteiger partial charge on any atom is 0.271 e. The molecule has 136 valence electrons. The highest BCUT2D eigenvalue weighted by Gasteiger charge is 2.18. The van der Waals surface area contributed by atoms with Gasteiger partial charge in [0.15, 0.2) is 0 Å². The average molecular weight is 379 g/mol. The predicted molar refractivity (Wildman–Crippen MR) is 104 cm³/mol. The van der Waals surface area contributed by atoms with E-state index in [4.69, 9.17) is 0 Å². The molecular formula is C19H17N5O2S. The van der Waals surface area contributed by atoms with Gasteiger partial charge < -0.3 is 5.11 Å². The highest BCUT2D eigenvalue weighted by molar-refractivity contribution is 7.14. The fourth-order valence-electron chi connectivity index (χ4n) is 2.60. The van der Waals surface area contributed by atoms with E-state index in [0.717, 1.165) is 17.0 Å². The first-order chi connectivity index (χ1) is 13.0. The quantitative estimate of drug-likeness (QED) is 0.686. The SMILES string of the molecule is CCc1nnc(/N=C/c2c(C)c(C#N)c(=O)n(Cc3ccccc3)c2O)s1. The van der Waals surface area contributed by atoms with Crippen molar-refractivity contribution >= 4 is 22.7 Å². The molecule has 27 heavy (non-hydrogen) atoms. The summed E-state index contributed by atoms with van der Waals surface area (Å²) in [4.78, 5) is 16.9. The second-order valence-corrected chi connectivity index (χ2v) is 6.86. The molecule has 0 aliphatic heterocycles. The van der Waals surface area contributed by atoms with E-state index in [1.807, 2.05) is 43.3 Å². The molecule has 0 bridgehead atoms. The number of aromatic nitrogens is 3. The molecule has 0 amide bonds. The molecule has 2 heterocycles. The van der Waals surface area contributed by atoms with Crippen molar-refractivity contribution in [2.75, 3.05) is 0 Å². The predicted octanol–water partition coefficient (Wildman–Crippen LogP) is 2.95. The average Bonchev–Trinajstić information content (AvgIpc) is 3.14. The zero-order valence-electron chi connectivity index (χ0n) is 14.9. The highest BCUT2D eigenvalue weighted by Crippen LogP contribution is 2.23. The Morgan fingerprint density at radius 1 is 1.33 bits per heavy atom. The maximum atomic E-state index is 12.6. The van der Waals surface area contributed by atoms with Gasteiger partial charge in [-0.15, -0.1) is 10.2 Å². The first-order valence-corrected chi connectivity index (χ1v) is 9.13. The number of rotatable bonds is 5. The third-order valence-corrected chi connectivity index (χ3v) is 5.07. The second kappa shape index (κ2) is 7.93. The van der Waals surface area contributed by atoms with Gasteiger partial charge in [-0.1, -0.05) is 48.6 Å². The first kappa shape index (κ1) is 18.5. The van der Waals surface area contributed by atoms with Crippen molar-refractivity contribution in [2.45, 2.75) is 26.8 Å². The van der Waals surface area contributed by atoms with Crippen LogP contribution >= 0.6 is 11.3 Å². The van der Waals surface area contributed by atoms with Crippen LogP contribution in [-0.2, 0) is 13.0 Å². The summed E-state index contributed by atoms with van der Waals surface area (Å²) in [5, 5.41) is 29.4. The van der Waals surface area contributed by atoms with Crippen LogP contribution in [0.25, 0.3) is 0 Å². The lowest BCUT2D eigenvalue weighted by atomic mass is 10.1. The van der Waals surface area contributed by atoms with E-state index in [0.29, 0.717) is 16.3 Å². The number of aryl methyl sites for hydroxylation is 1. The van der Waals surface area contributed by atoms with E-state index < -0.39 is 5.56 Å². The van der Waals surface area contributed by atoms with Crippen molar-refractivity contribution in [1.82, 2.24) is 14.8 Å². The number of nitriles is 1. The largest absolute Gasteiger partial charge is 0.494 e. The number of aromatic hydroxyl groups is 1. The lowest BCUT2D eigenvalue weighted by Gasteiger charge is -2.14. The summed E-state index contributed by atoms with van der Waals surface area (Å²) in [5.41, 5.74) is 0.986. The Bertz CT molecular complexity index is 1090. The van der Waals surface area contributed by atoms with Gasteiger partial charge in [0.05, 0.1) is 12.1 Å². The van der Waals surface area contributed by atoms with Crippen LogP contribution < -0.4 is 5.56 Å². The first-order valence-electron chi connectivity index (χ1n) is 8.32. The molecule has 0 saturated heterocycles. The van der Waals surface area contributed by atoms with E-state index in [1.165, 1.54) is 22.1 Å². The molecule has 0 unspecified atom stereocenters. The fourth-order valence-corrected chi connectivity index (χ4v) is 3.22. The molecule has 0 aliphatic carbocycles. The summed E-state index contributed by atoms with van der Waals surface area (Å²) in [6, 6.07) is 11.2. The smallest absolute Gasteiger partial charge is 0.271 e. The summed E-state index contributed by atoms with van der Waals surface area (Å²) < 4.78 is 1.18. The van der Waals surface area contributed by atoms with Crippen molar-refractivity contribution < 1.29 is 5.11 Å². The molecule has 3 rings (SSSR count). The Labute approximate surface area is 159 Å². The van der Waals surface area contributed by atoms with Gasteiger partial charge in [0, 0.05) is 6.21 Å². The minimum absolute atomic E-state index is 0.0170. The molecule has 1 N–H and O–H groups in total. The Morgan fingerprint density at radius 2 is 2.07 bits per heavy atom. The van der Waals surface area contributed by atoms with Crippen LogP contribution in [0, 0.1) is 18.3 Å². The zero-order chi connectivity index (χ0) is 19.4. The van der Waals surface area contributed by atoms with Crippen LogP contribution in [0.4, 0.5) is 5.13 Å². The Kier molecular flexibility index (Phi) is 5.43. The molecule has 0 saturated carbocycles. The van der Waals surface area contributed by atoms with Crippen LogP contribution in [0.1, 0.15) is 34.2 Å². The molecule has 0 spiro atoms. The third-order valence-electron chi connectivity index (χ3n) is 4.09. The molecule has 8 heteroatoms. The molecule has 2 aromatic heterocycles. The van der Waals surface area contributed by atoms with Crippen molar-refractivity contribution in [3.63, 3.8) is 0 Å². The van der Waals surface area contributed by atoms with Gasteiger partial charge in [-0.05, 0) is 24.5 Å². The van der Waals surface area contributed by atoms with E-state index >= 15 is 0 Å². The Morgan fingerprint density at radius 3 is 2.70 bits per heavy atom. The molecule has 3 aromatic rings. The van der Waals surface area contributed by atoms with Crippen molar-refractivity contribution in [2.24, 2.45) is 4.99 Å². The summed E-state index contributed by atoms with van der Waals surface area (Å²) in [5.74, 6) is -0.232. The van der Waals surface area contributed by atoms with Gasteiger partial charge in [-0.2, -0.15) is 5.26 Å². The van der Waals surface area contributed by atoms with E-state index in [-0.39, 0.29) is 18.0 Å². The van der Waals surface area contributed by atoms with Gasteiger partial charge in [0.2, 0.25) is 11.0 Å². The van der Waals surface area contributed by atoms with Crippen molar-refractivity contribution in [3.05, 3.63) is 67.9 Å². The van der Waals surface area contributed by atoms with Gasteiger partial charge in [-0.25, -0.2) is 4.99 Å². The van der Waals surface area contributed by atoms with E-state index in [9.17, 15) is 15.2 Å². The van der Waals surface area contributed by atoms with Crippen LogP contribution in [0.2, 0.25) is 0 Å². The normalized spacial score (nSPS) is 11.0. The Hall–Kier alpha value is -3.31. The number of aliphatic imine (C=N–C) groups is 1. The minimum Gasteiger partial charge on any atom is -0.494 e. The summed E-state index contributed by atoms with van der Waals surface area (Å²) in [6.07, 6.45) is 2.18. The molecule has 7 nitrogen and oxygen atoms in total. The lowest BCUT2D eigenvalue weighted by Crippen LogP contribution is -2.25. The molecule has 1 aromatic carbocycles. The van der Waals surface area contributed by atoms with Gasteiger partial charge in [0.1, 0.15) is 16.6 Å². The summed E-state index contributed by atoms with van der Waals surface area (Å²) in [6.45, 7) is 3.74. The standard InChI is InChI=1S/C19H17N5O2S/c1-3-16-22-23-19(27-16)21-10-15-12(2)14(9-20)17(25)24(18(15)26)11-13-7-5-4-6-8-13/h4-8,10,26H,3,11H2,1-2H3/b21-10+. The number of hydrogen-bond acceptors (Lipinski definition) is 7. The molecule has 0 atom stereocenters. The lowest BCUT2D eigenvalue weighted by molar-refractivity contribution is 0.413. The highest BCUT2D eigenvalue weighted by atomic mass is 32.1. The number of pyridine rings is 1. The van der Waals surface area contributed by atoms with Gasteiger partial charge in [0.25, 0.3) is 5.56 Å². The van der Waals surface area contributed by atoms with Gasteiger partial charge >= 0.3 is 0 Å². The number of nitrogens with zero attached hydrogens (tertiary/aromatic N) is 5. The summed E-state index contributed by atoms with van der Waals surface area (Å²) in [7, 11) is 0.